The molecule has 1 aromatic heterocycles. The number of nitrogens with one attached hydrogen (secondary N) is 1. The third-order valence-corrected chi connectivity index (χ3v) is 8.83. The molecule has 1 saturated heterocycles. The molecule has 4 aromatic rings. The van der Waals surface area contributed by atoms with Gasteiger partial charge in [-0.1, -0.05) is 24.3 Å². The minimum atomic E-state index is -4.17. The number of aromatic nitrogens is 1. The molecule has 0 saturated carbocycles. The molecule has 5 rings (SSSR count). The minimum absolute atomic E-state index is 0. The third kappa shape index (κ3) is 8.07. The molecular formula is C30H34Cl2N6O4S. The highest BCUT2D eigenvalue weighted by Crippen LogP contribution is 2.28. The van der Waals surface area contributed by atoms with Gasteiger partial charge < -0.3 is 20.6 Å². The van der Waals surface area contributed by atoms with E-state index in [4.69, 9.17) is 11.1 Å². The van der Waals surface area contributed by atoms with E-state index in [1.807, 2.05) is 48.5 Å². The summed E-state index contributed by atoms with van der Waals surface area (Å²) in [5, 5.41) is 18.8. The second kappa shape index (κ2) is 14.4. The number of nitrogen functional groups attached to an aromatic ring is 1. The van der Waals surface area contributed by atoms with Crippen molar-refractivity contribution in [1.82, 2.24) is 4.98 Å². The summed E-state index contributed by atoms with van der Waals surface area (Å²) in [5.74, 6) is -2.49. The Labute approximate surface area is 263 Å². The molecule has 3 aromatic carbocycles. The Bertz CT molecular complexity index is 1670. The standard InChI is InChI=1S/C30H32N6O4S.2ClH/c31-30(32)24-5-4-23-3-2-22(18-25(23)19-24)20-36(41(39,40)21-29(37)38)28-8-6-26(7-9-28)34-14-1-15-35(17-16-34)27-10-12-33-13-11-27;;/h2-13,18-19H,1,14-17,20-21H2,(H3,31,32)(H,37,38);2*1H. The first-order valence-electron chi connectivity index (χ1n) is 13.3. The molecule has 0 atom stereocenters. The monoisotopic (exact) mass is 644 g/mol. The van der Waals surface area contributed by atoms with Crippen LogP contribution in [0, 0.1) is 5.41 Å². The lowest BCUT2D eigenvalue weighted by Gasteiger charge is -2.27. The Morgan fingerprint density at radius 1 is 0.860 bits per heavy atom. The van der Waals surface area contributed by atoms with E-state index in [0.717, 1.165) is 59.1 Å². The van der Waals surface area contributed by atoms with Crippen LogP contribution < -0.4 is 19.8 Å². The largest absolute Gasteiger partial charge is 0.480 e. The van der Waals surface area contributed by atoms with Crippen LogP contribution in [-0.4, -0.2) is 62.2 Å². The van der Waals surface area contributed by atoms with Crippen molar-refractivity contribution in [1.29, 1.82) is 5.41 Å². The van der Waals surface area contributed by atoms with Gasteiger partial charge in [-0.25, -0.2) is 8.42 Å². The van der Waals surface area contributed by atoms with Crippen molar-refractivity contribution in [3.05, 3.63) is 96.3 Å². The number of pyridine rings is 1. The Morgan fingerprint density at radius 3 is 2.07 bits per heavy atom. The zero-order chi connectivity index (χ0) is 29.0. The highest BCUT2D eigenvalue weighted by Gasteiger charge is 2.26. The lowest BCUT2D eigenvalue weighted by molar-refractivity contribution is -0.134. The van der Waals surface area contributed by atoms with Gasteiger partial charge >= 0.3 is 5.97 Å². The average Bonchev–Trinajstić information content (AvgIpc) is 3.22. The highest BCUT2D eigenvalue weighted by atomic mass is 35.5. The predicted molar refractivity (Wildman–Crippen MR) is 177 cm³/mol. The van der Waals surface area contributed by atoms with Crippen molar-refractivity contribution in [3.8, 4) is 0 Å². The molecule has 0 radical (unpaired) electrons. The fourth-order valence-electron chi connectivity index (χ4n) is 5.13. The number of carboxylic acid groups (broad SMARTS) is 1. The molecule has 1 fully saturated rings. The van der Waals surface area contributed by atoms with E-state index in [1.54, 1.807) is 36.7 Å². The Kier molecular flexibility index (Phi) is 11.2. The molecule has 10 nitrogen and oxygen atoms in total. The van der Waals surface area contributed by atoms with Crippen molar-refractivity contribution >= 4 is 74.5 Å². The Balaban J connectivity index is 0.00000253. The van der Waals surface area contributed by atoms with Crippen LogP contribution in [0.15, 0.2) is 85.2 Å². The molecule has 228 valence electrons. The summed E-state index contributed by atoms with van der Waals surface area (Å²) in [6.45, 7) is 3.40. The number of fused-ring (bicyclic) bond motifs is 1. The molecule has 2 heterocycles. The maximum Gasteiger partial charge on any atom is 0.320 e. The van der Waals surface area contributed by atoms with Gasteiger partial charge in [-0.05, 0) is 71.3 Å². The molecular weight excluding hydrogens is 611 g/mol. The summed E-state index contributed by atoms with van der Waals surface area (Å²) < 4.78 is 27.6. The van der Waals surface area contributed by atoms with Gasteiger partial charge in [0.1, 0.15) is 5.84 Å². The van der Waals surface area contributed by atoms with Gasteiger partial charge in [0, 0.05) is 55.5 Å². The first-order valence-corrected chi connectivity index (χ1v) is 14.9. The zero-order valence-electron chi connectivity index (χ0n) is 23.3. The van der Waals surface area contributed by atoms with E-state index in [0.29, 0.717) is 16.8 Å². The molecule has 0 amide bonds. The summed E-state index contributed by atoms with van der Waals surface area (Å²) in [7, 11) is -4.17. The number of benzene rings is 3. The van der Waals surface area contributed by atoms with Gasteiger partial charge in [-0.3, -0.25) is 19.5 Å². The zero-order valence-corrected chi connectivity index (χ0v) is 25.7. The number of carbonyl (C=O) groups is 1. The van der Waals surface area contributed by atoms with Crippen molar-refractivity contribution in [2.45, 2.75) is 13.0 Å². The van der Waals surface area contributed by atoms with Crippen LogP contribution in [0.2, 0.25) is 0 Å². The van der Waals surface area contributed by atoms with Crippen molar-refractivity contribution < 1.29 is 18.3 Å². The van der Waals surface area contributed by atoms with Gasteiger partial charge in [-0.2, -0.15) is 0 Å². The van der Waals surface area contributed by atoms with Crippen LogP contribution >= 0.6 is 24.8 Å². The highest BCUT2D eigenvalue weighted by molar-refractivity contribution is 7.93. The molecule has 43 heavy (non-hydrogen) atoms. The van der Waals surface area contributed by atoms with Crippen LogP contribution in [0.25, 0.3) is 10.8 Å². The van der Waals surface area contributed by atoms with E-state index in [1.165, 1.54) is 0 Å². The summed E-state index contributed by atoms with van der Waals surface area (Å²) in [5.41, 5.74) is 9.40. The maximum atomic E-state index is 13.2. The number of sulfonamides is 1. The normalized spacial score (nSPS) is 13.4. The molecule has 0 spiro atoms. The molecule has 0 aliphatic carbocycles. The van der Waals surface area contributed by atoms with Crippen LogP contribution in [0.1, 0.15) is 17.5 Å². The molecule has 1 aliphatic rings. The number of nitrogens with two attached hydrogens (primary N) is 1. The quantitative estimate of drug-likeness (QED) is 0.178. The van der Waals surface area contributed by atoms with Crippen LogP contribution in [-0.2, 0) is 21.4 Å². The minimum Gasteiger partial charge on any atom is -0.480 e. The number of aliphatic carboxylic acids is 1. The average molecular weight is 646 g/mol. The SMILES string of the molecule is Cl.Cl.N=C(N)c1ccc2ccc(CN(c3ccc(N4CCCN(c5ccncc5)CC4)cc3)S(=O)(=O)CC(=O)O)cc2c1. The first-order chi connectivity index (χ1) is 19.7. The fourth-order valence-corrected chi connectivity index (χ4v) is 6.39. The molecule has 0 bridgehead atoms. The van der Waals surface area contributed by atoms with Gasteiger partial charge in [0.25, 0.3) is 0 Å². The van der Waals surface area contributed by atoms with Crippen molar-refractivity contribution in [2.75, 3.05) is 46.0 Å². The number of rotatable bonds is 9. The van der Waals surface area contributed by atoms with E-state index in [2.05, 4.69) is 14.8 Å². The number of hydrogen-bond acceptors (Lipinski definition) is 7. The smallest absolute Gasteiger partial charge is 0.320 e. The molecule has 13 heteroatoms. The second-order valence-corrected chi connectivity index (χ2v) is 11.9. The number of amidine groups is 1. The van der Waals surface area contributed by atoms with Gasteiger partial charge in [0.05, 0.1) is 12.2 Å². The van der Waals surface area contributed by atoms with Gasteiger partial charge in [0.2, 0.25) is 10.0 Å². The van der Waals surface area contributed by atoms with E-state index >= 15 is 0 Å². The van der Waals surface area contributed by atoms with Crippen LogP contribution in [0.4, 0.5) is 17.1 Å². The summed E-state index contributed by atoms with van der Waals surface area (Å²) in [4.78, 5) is 20.2. The van der Waals surface area contributed by atoms with Gasteiger partial charge in [-0.15, -0.1) is 24.8 Å². The fraction of sp³-hybridized carbons (Fsp3) is 0.233. The van der Waals surface area contributed by atoms with Crippen molar-refractivity contribution in [3.63, 3.8) is 0 Å². The molecule has 0 unspecified atom stereocenters. The number of hydrogen-bond donors (Lipinski definition) is 3. The number of halogens is 2. The Morgan fingerprint density at radius 2 is 1.47 bits per heavy atom. The lowest BCUT2D eigenvalue weighted by Crippen LogP contribution is -2.35. The maximum absolute atomic E-state index is 13.2. The van der Waals surface area contributed by atoms with E-state index in [9.17, 15) is 18.3 Å². The summed E-state index contributed by atoms with van der Waals surface area (Å²) in [6, 6.07) is 22.2. The summed E-state index contributed by atoms with van der Waals surface area (Å²) in [6.07, 6.45) is 4.56. The molecule has 4 N–H and O–H groups in total. The van der Waals surface area contributed by atoms with Crippen LogP contribution in [0.5, 0.6) is 0 Å². The molecule has 1 aliphatic heterocycles. The van der Waals surface area contributed by atoms with E-state index in [-0.39, 0.29) is 37.2 Å². The van der Waals surface area contributed by atoms with Gasteiger partial charge in [0.15, 0.2) is 5.75 Å². The van der Waals surface area contributed by atoms with E-state index < -0.39 is 21.7 Å². The predicted octanol–water partition coefficient (Wildman–Crippen LogP) is 4.50. The number of nitrogens with zero attached hydrogens (tertiary/aromatic N) is 4. The lowest BCUT2D eigenvalue weighted by atomic mass is 10.0. The summed E-state index contributed by atoms with van der Waals surface area (Å²) >= 11 is 0. The van der Waals surface area contributed by atoms with Crippen LogP contribution in [0.3, 0.4) is 0 Å². The number of carboxylic acids is 1. The first kappa shape index (κ1) is 33.4. The Hall–Kier alpha value is -4.06. The third-order valence-electron chi connectivity index (χ3n) is 7.21. The van der Waals surface area contributed by atoms with Crippen molar-refractivity contribution in [2.24, 2.45) is 5.73 Å². The topological polar surface area (TPSA) is 144 Å². The second-order valence-electron chi connectivity index (χ2n) is 10.0. The number of anilines is 3.